The topological polar surface area (TPSA) is 26.3 Å². The van der Waals surface area contributed by atoms with Crippen LogP contribution in [0.25, 0.3) is 0 Å². The maximum absolute atomic E-state index is 13.7. The molecule has 0 fully saturated rings. The van der Waals surface area contributed by atoms with E-state index in [1.165, 1.54) is 43.9 Å². The summed E-state index contributed by atoms with van der Waals surface area (Å²) < 4.78 is 11.3. The number of hydrogen-bond acceptors (Lipinski definition) is 2. The first kappa shape index (κ1) is 33.5. The molecule has 0 amide bonds. The van der Waals surface area contributed by atoms with Gasteiger partial charge in [0.05, 0.1) is 0 Å². The van der Waals surface area contributed by atoms with Gasteiger partial charge < -0.3 is 0 Å². The van der Waals surface area contributed by atoms with Crippen LogP contribution in [-0.4, -0.2) is 25.2 Å². The molecule has 0 spiro atoms. The van der Waals surface area contributed by atoms with Crippen molar-refractivity contribution in [3.8, 4) is 0 Å². The Hall–Kier alpha value is -2.05. The molecule has 0 atom stereocenters. The van der Waals surface area contributed by atoms with Gasteiger partial charge in [-0.1, -0.05) is 0 Å². The fourth-order valence-corrected chi connectivity index (χ4v) is 22.0. The van der Waals surface area contributed by atoms with E-state index in [1.54, 1.807) is 6.92 Å². The van der Waals surface area contributed by atoms with Crippen molar-refractivity contribution in [3.63, 3.8) is 0 Å². The molecule has 0 aromatic heterocycles. The van der Waals surface area contributed by atoms with E-state index in [4.69, 9.17) is 3.02 Å². The van der Waals surface area contributed by atoms with Crippen LogP contribution < -0.4 is 10.5 Å². The van der Waals surface area contributed by atoms with Crippen LogP contribution in [0.1, 0.15) is 159 Å². The van der Waals surface area contributed by atoms with Gasteiger partial charge in [-0.25, -0.2) is 0 Å². The molecule has 0 aliphatic carbocycles. The normalized spacial score (nSPS) is 12.5. The van der Waals surface area contributed by atoms with Crippen LogP contribution in [0.3, 0.4) is 0 Å². The van der Waals surface area contributed by atoms with Gasteiger partial charge in [0, 0.05) is 0 Å². The Balaban J connectivity index is 2.92. The quantitative estimate of drug-likeness (QED) is 0.202. The van der Waals surface area contributed by atoms with Gasteiger partial charge in [-0.2, -0.15) is 0 Å². The summed E-state index contributed by atoms with van der Waals surface area (Å²) in [6.45, 7) is 29.1. The van der Waals surface area contributed by atoms with Gasteiger partial charge in [0.1, 0.15) is 0 Å². The predicted molar refractivity (Wildman–Crippen MR) is 180 cm³/mol. The van der Waals surface area contributed by atoms with E-state index < -0.39 is 19.2 Å². The summed E-state index contributed by atoms with van der Waals surface area (Å²) in [5, 5.41) is 0. The summed E-state index contributed by atoms with van der Waals surface area (Å²) in [4.78, 5) is 13.7. The molecule has 223 valence electrons. The number of carbonyl (C=O) groups excluding carboxylic acids is 1. The zero-order valence-electron chi connectivity index (χ0n) is 27.9. The van der Waals surface area contributed by atoms with Gasteiger partial charge in [0.15, 0.2) is 0 Å². The molecule has 0 aliphatic rings. The van der Waals surface area contributed by atoms with Crippen LogP contribution in [0, 0.1) is 0 Å². The molecular weight excluding hydrogens is 610 g/mol. The number of benzene rings is 3. The standard InChI is InChI=1S/3C12H17.C2H4O2.Sb/c3*1-9(2)11-6-5-7-12(8-11)10(3)4;1-2(3)4;/h3*5-7,9-10H,1-4H3;1H3,(H,3,4);/q;;;;+1/p-1. The number of hydrogen-bond donors (Lipinski definition) is 0. The Morgan fingerprint density at radius 3 is 0.805 bits per heavy atom. The summed E-state index contributed by atoms with van der Waals surface area (Å²) >= 11 is -4.52. The number of rotatable bonds is 10. The molecule has 0 bridgehead atoms. The van der Waals surface area contributed by atoms with Crippen LogP contribution >= 0.6 is 0 Å². The minimum absolute atomic E-state index is 0.175. The van der Waals surface area contributed by atoms with Gasteiger partial charge in [0.25, 0.3) is 0 Å². The van der Waals surface area contributed by atoms with Gasteiger partial charge in [-0.15, -0.1) is 0 Å². The second-order valence-electron chi connectivity index (χ2n) is 13.5. The van der Waals surface area contributed by atoms with Crippen molar-refractivity contribution in [1.82, 2.24) is 0 Å². The monoisotopic (exact) mass is 663 g/mol. The van der Waals surface area contributed by atoms with Crippen molar-refractivity contribution in [1.29, 1.82) is 0 Å². The maximum atomic E-state index is 13.7. The predicted octanol–water partition coefficient (Wildman–Crippen LogP) is 8.96. The first-order valence-electron chi connectivity index (χ1n) is 15.7. The fourth-order valence-electron chi connectivity index (χ4n) is 6.29. The molecule has 2 nitrogen and oxygen atoms in total. The molecule has 0 N–H and O–H groups in total. The van der Waals surface area contributed by atoms with Crippen molar-refractivity contribution in [3.05, 3.63) is 88.0 Å². The first-order valence-corrected chi connectivity index (χ1v) is 20.5. The molecule has 3 aromatic carbocycles. The van der Waals surface area contributed by atoms with Crippen molar-refractivity contribution in [2.24, 2.45) is 0 Å². The Labute approximate surface area is 255 Å². The van der Waals surface area contributed by atoms with Crippen molar-refractivity contribution < 1.29 is 7.81 Å². The van der Waals surface area contributed by atoms with Gasteiger partial charge in [-0.05, 0) is 0 Å². The molecule has 0 unspecified atom stereocenters. The third-order valence-corrected chi connectivity index (χ3v) is 19.6. The molecule has 41 heavy (non-hydrogen) atoms. The van der Waals surface area contributed by atoms with Crippen LogP contribution in [-0.2, 0) is 7.81 Å². The second-order valence-corrected chi connectivity index (χ2v) is 21.3. The van der Waals surface area contributed by atoms with Crippen LogP contribution in [0.2, 0.25) is 0 Å². The summed E-state index contributed by atoms with van der Waals surface area (Å²) in [7, 11) is 0. The van der Waals surface area contributed by atoms with E-state index in [0.29, 0.717) is 0 Å². The Bertz CT molecular complexity index is 1130. The first-order chi connectivity index (χ1) is 19.2. The molecular formula is C38H54O2Sb. The summed E-state index contributed by atoms with van der Waals surface area (Å²) in [5.41, 5.74) is 7.94. The van der Waals surface area contributed by atoms with Crippen molar-refractivity contribution >= 4 is 35.7 Å². The van der Waals surface area contributed by atoms with E-state index in [9.17, 15) is 4.79 Å². The van der Waals surface area contributed by atoms with Crippen LogP contribution in [0.15, 0.2) is 54.6 Å². The molecule has 0 saturated carbocycles. The van der Waals surface area contributed by atoms with Gasteiger partial charge in [-0.3, -0.25) is 0 Å². The molecule has 3 aromatic rings. The fraction of sp³-hybridized carbons (Fsp3) is 0.500. The minimum atomic E-state index is -4.52. The molecule has 0 aliphatic heterocycles. The van der Waals surface area contributed by atoms with Crippen molar-refractivity contribution in [2.75, 3.05) is 0 Å². The van der Waals surface area contributed by atoms with Gasteiger partial charge in [0.2, 0.25) is 0 Å². The zero-order valence-corrected chi connectivity index (χ0v) is 30.5. The third kappa shape index (κ3) is 6.49. The molecule has 0 heterocycles. The molecule has 3 heteroatoms. The second kappa shape index (κ2) is 13.5. The number of carbonyl (C=O) groups is 1. The van der Waals surface area contributed by atoms with Gasteiger partial charge >= 0.3 is 257 Å². The zero-order chi connectivity index (χ0) is 30.8. The van der Waals surface area contributed by atoms with E-state index in [0.717, 1.165) is 0 Å². The van der Waals surface area contributed by atoms with Crippen LogP contribution in [0.5, 0.6) is 0 Å². The average molecular weight is 665 g/mol. The van der Waals surface area contributed by atoms with Crippen LogP contribution in [0.4, 0.5) is 0 Å². The van der Waals surface area contributed by atoms with E-state index in [2.05, 4.69) is 138 Å². The Kier molecular flexibility index (Phi) is 11.0. The molecule has 3 rings (SSSR count). The summed E-state index contributed by atoms with van der Waals surface area (Å²) in [6, 6.07) is 20.5. The third-order valence-electron chi connectivity index (χ3n) is 8.24. The van der Waals surface area contributed by atoms with Crippen molar-refractivity contribution in [2.45, 2.75) is 126 Å². The van der Waals surface area contributed by atoms with E-state index in [1.807, 2.05) is 0 Å². The average Bonchev–Trinajstić information content (AvgIpc) is 2.90. The summed E-state index contributed by atoms with van der Waals surface area (Å²) in [6.07, 6.45) is 0. The summed E-state index contributed by atoms with van der Waals surface area (Å²) in [5.74, 6) is 1.55. The molecule has 1 radical (unpaired) electrons. The SMILES string of the molecule is CC(=O)[O][Sb]([c]1c(C(C)C)cccc1C(C)C)([c]1c(C(C)C)cccc1C(C)C)[c]1c(C(C)C)cccc1C(C)C. The van der Waals surface area contributed by atoms with E-state index in [-0.39, 0.29) is 41.5 Å². The molecule has 0 saturated heterocycles. The Morgan fingerprint density at radius 2 is 0.659 bits per heavy atom. The Morgan fingerprint density at radius 1 is 0.463 bits per heavy atom. The van der Waals surface area contributed by atoms with E-state index >= 15 is 0 Å².